The van der Waals surface area contributed by atoms with Gasteiger partial charge in [0.15, 0.2) is 0 Å². The molecular formula is C26H32FN5O2S. The van der Waals surface area contributed by atoms with Crippen LogP contribution in [0.1, 0.15) is 55.5 Å². The quantitative estimate of drug-likeness (QED) is 0.517. The van der Waals surface area contributed by atoms with Gasteiger partial charge in [0.05, 0.1) is 0 Å². The molecule has 7 nitrogen and oxygen atoms in total. The molecule has 0 unspecified atom stereocenters. The minimum absolute atomic E-state index is 0.0467. The maximum atomic E-state index is 15.3. The average Bonchev–Trinajstić information content (AvgIpc) is 3.37. The van der Waals surface area contributed by atoms with Crippen LogP contribution in [-0.4, -0.2) is 46.6 Å². The maximum Gasteiger partial charge on any atom is 0.221 e. The van der Waals surface area contributed by atoms with Gasteiger partial charge in [-0.25, -0.2) is 12.8 Å². The Morgan fingerprint density at radius 2 is 1.74 bits per heavy atom. The molecule has 0 spiro atoms. The predicted molar refractivity (Wildman–Crippen MR) is 134 cm³/mol. The van der Waals surface area contributed by atoms with Crippen LogP contribution in [0.25, 0.3) is 0 Å². The first-order chi connectivity index (χ1) is 16.8. The number of sulfonamides is 1. The van der Waals surface area contributed by atoms with E-state index >= 15 is 4.39 Å². The standard InChI is InChI=1S/C26H32FN5O2S/c1-19-15-30(13-12-25(19)31-17-28-29-18-31)23-10-9-22(24(27)14-23)16-32-20(2)8-11-26(35(32,33)34)21-6-4-3-5-7-21/h3-7,9-10,14,17-20,25-26H,8,11-13,15-16H2,1-2H3/t19-,20-,25+,26+/m0/s1. The van der Waals surface area contributed by atoms with E-state index in [0.29, 0.717) is 23.9 Å². The number of benzene rings is 2. The van der Waals surface area contributed by atoms with Gasteiger partial charge < -0.3 is 9.47 Å². The minimum Gasteiger partial charge on any atom is -0.371 e. The molecule has 2 aliphatic rings. The van der Waals surface area contributed by atoms with Gasteiger partial charge >= 0.3 is 0 Å². The number of anilines is 1. The molecule has 2 saturated heterocycles. The third-order valence-corrected chi connectivity index (χ3v) is 9.97. The van der Waals surface area contributed by atoms with Gasteiger partial charge in [0, 0.05) is 43.0 Å². The Morgan fingerprint density at radius 1 is 1.00 bits per heavy atom. The van der Waals surface area contributed by atoms with Crippen LogP contribution >= 0.6 is 0 Å². The zero-order valence-corrected chi connectivity index (χ0v) is 21.0. The summed E-state index contributed by atoms with van der Waals surface area (Å²) in [6.45, 7) is 5.75. The van der Waals surface area contributed by atoms with Crippen molar-refractivity contribution in [1.29, 1.82) is 0 Å². The summed E-state index contributed by atoms with van der Waals surface area (Å²) >= 11 is 0. The van der Waals surface area contributed by atoms with Crippen molar-refractivity contribution in [3.63, 3.8) is 0 Å². The molecule has 2 fully saturated rings. The summed E-state index contributed by atoms with van der Waals surface area (Å²) in [5.41, 5.74) is 2.03. The van der Waals surface area contributed by atoms with E-state index in [0.717, 1.165) is 37.2 Å². The molecule has 186 valence electrons. The van der Waals surface area contributed by atoms with E-state index < -0.39 is 15.3 Å². The average molecular weight is 498 g/mol. The highest BCUT2D eigenvalue weighted by atomic mass is 32.2. The van der Waals surface area contributed by atoms with Crippen LogP contribution in [0.4, 0.5) is 10.1 Å². The number of piperidine rings is 1. The Hall–Kier alpha value is -2.78. The fraction of sp³-hybridized carbons (Fsp3) is 0.462. The SMILES string of the molecule is C[C@H]1CN(c2ccc(CN3[C@@H](C)CC[C@H](c4ccccc4)S3(=O)=O)c(F)c2)CC[C@H]1n1cnnc1. The predicted octanol–water partition coefficient (Wildman–Crippen LogP) is 4.56. The number of hydrogen-bond acceptors (Lipinski definition) is 5. The first-order valence-corrected chi connectivity index (χ1v) is 13.8. The van der Waals surface area contributed by atoms with E-state index in [1.54, 1.807) is 24.8 Å². The molecule has 0 saturated carbocycles. The second-order valence-corrected chi connectivity index (χ2v) is 11.9. The molecule has 0 amide bonds. The zero-order valence-electron chi connectivity index (χ0n) is 20.2. The van der Waals surface area contributed by atoms with E-state index in [1.807, 2.05) is 43.3 Å². The number of rotatable bonds is 5. The van der Waals surface area contributed by atoms with E-state index in [2.05, 4.69) is 26.6 Å². The molecule has 0 radical (unpaired) electrons. The Labute approximate surface area is 206 Å². The summed E-state index contributed by atoms with van der Waals surface area (Å²) in [4.78, 5) is 2.20. The van der Waals surface area contributed by atoms with Gasteiger partial charge in [-0.3, -0.25) is 0 Å². The summed E-state index contributed by atoms with van der Waals surface area (Å²) in [5.74, 6) is -0.00271. The molecule has 0 bridgehead atoms. The Bertz CT molecular complexity index is 1250. The summed E-state index contributed by atoms with van der Waals surface area (Å²) in [7, 11) is -3.60. The van der Waals surface area contributed by atoms with Crippen molar-refractivity contribution in [2.24, 2.45) is 5.92 Å². The lowest BCUT2D eigenvalue weighted by atomic mass is 9.93. The second kappa shape index (κ2) is 9.70. The smallest absolute Gasteiger partial charge is 0.221 e. The fourth-order valence-electron chi connectivity index (χ4n) is 5.57. The van der Waals surface area contributed by atoms with E-state index in [9.17, 15) is 8.42 Å². The number of hydrogen-bond donors (Lipinski definition) is 0. The van der Waals surface area contributed by atoms with Crippen LogP contribution in [0.15, 0.2) is 61.2 Å². The van der Waals surface area contributed by atoms with Crippen molar-refractivity contribution in [2.75, 3.05) is 18.0 Å². The molecule has 2 aliphatic heterocycles. The van der Waals surface area contributed by atoms with Gasteiger partial charge in [0.1, 0.15) is 23.7 Å². The fourth-order valence-corrected chi connectivity index (χ4v) is 7.76. The van der Waals surface area contributed by atoms with E-state index in [1.165, 1.54) is 4.31 Å². The lowest BCUT2D eigenvalue weighted by Gasteiger charge is -2.39. The Morgan fingerprint density at radius 3 is 2.43 bits per heavy atom. The summed E-state index contributed by atoms with van der Waals surface area (Å²) in [6.07, 6.45) is 5.76. The van der Waals surface area contributed by atoms with Gasteiger partial charge in [-0.15, -0.1) is 10.2 Å². The molecule has 3 aromatic rings. The number of nitrogens with zero attached hydrogens (tertiary/aromatic N) is 5. The molecule has 4 atom stereocenters. The van der Waals surface area contributed by atoms with Crippen LogP contribution in [-0.2, 0) is 16.6 Å². The summed E-state index contributed by atoms with van der Waals surface area (Å²) in [6, 6.07) is 14.7. The first-order valence-electron chi connectivity index (χ1n) is 12.3. The highest BCUT2D eigenvalue weighted by Gasteiger charge is 2.40. The second-order valence-electron chi connectivity index (χ2n) is 9.88. The third kappa shape index (κ3) is 4.71. The molecular weight excluding hydrogens is 465 g/mol. The van der Waals surface area contributed by atoms with Crippen molar-refractivity contribution in [1.82, 2.24) is 19.1 Å². The first kappa shape index (κ1) is 23.9. The monoisotopic (exact) mass is 497 g/mol. The van der Waals surface area contributed by atoms with Gasteiger partial charge in [0.2, 0.25) is 10.0 Å². The molecule has 3 heterocycles. The van der Waals surface area contributed by atoms with Crippen LogP contribution < -0.4 is 4.90 Å². The third-order valence-electron chi connectivity index (χ3n) is 7.60. The number of halogens is 1. The maximum absolute atomic E-state index is 15.3. The zero-order chi connectivity index (χ0) is 24.6. The highest BCUT2D eigenvalue weighted by Crippen LogP contribution is 2.38. The molecule has 0 aliphatic carbocycles. The van der Waals surface area contributed by atoms with Crippen LogP contribution in [0.2, 0.25) is 0 Å². The molecule has 2 aromatic carbocycles. The highest BCUT2D eigenvalue weighted by molar-refractivity contribution is 7.89. The van der Waals surface area contributed by atoms with Crippen molar-refractivity contribution in [2.45, 2.75) is 57.0 Å². The van der Waals surface area contributed by atoms with Gasteiger partial charge in [-0.2, -0.15) is 4.31 Å². The van der Waals surface area contributed by atoms with Crippen molar-refractivity contribution in [3.8, 4) is 0 Å². The van der Waals surface area contributed by atoms with Gasteiger partial charge in [0.25, 0.3) is 0 Å². The van der Waals surface area contributed by atoms with Gasteiger partial charge in [-0.1, -0.05) is 43.3 Å². The number of aromatic nitrogens is 3. The minimum atomic E-state index is -3.60. The normalized spacial score (nSPS) is 27.1. The lowest BCUT2D eigenvalue weighted by Crippen LogP contribution is -2.44. The van der Waals surface area contributed by atoms with Crippen molar-refractivity contribution >= 4 is 15.7 Å². The lowest BCUT2D eigenvalue weighted by molar-refractivity contribution is 0.279. The summed E-state index contributed by atoms with van der Waals surface area (Å²) < 4.78 is 45.8. The van der Waals surface area contributed by atoms with Crippen molar-refractivity contribution < 1.29 is 12.8 Å². The molecule has 5 rings (SSSR count). The van der Waals surface area contributed by atoms with Crippen LogP contribution in [0.5, 0.6) is 0 Å². The van der Waals surface area contributed by atoms with E-state index in [4.69, 9.17) is 0 Å². The largest absolute Gasteiger partial charge is 0.371 e. The van der Waals surface area contributed by atoms with Crippen molar-refractivity contribution in [3.05, 3.63) is 78.1 Å². The van der Waals surface area contributed by atoms with E-state index in [-0.39, 0.29) is 18.4 Å². The topological polar surface area (TPSA) is 71.3 Å². The van der Waals surface area contributed by atoms with Gasteiger partial charge in [-0.05, 0) is 49.8 Å². The molecule has 0 N–H and O–H groups in total. The molecule has 1 aromatic heterocycles. The molecule has 35 heavy (non-hydrogen) atoms. The van der Waals surface area contributed by atoms with Crippen LogP contribution in [0.3, 0.4) is 0 Å². The summed E-state index contributed by atoms with van der Waals surface area (Å²) in [5, 5.41) is 7.25. The molecule has 9 heteroatoms. The Kier molecular flexibility index (Phi) is 6.63. The van der Waals surface area contributed by atoms with Crippen LogP contribution in [0, 0.1) is 11.7 Å². The Balaban J connectivity index is 1.31.